The molecule has 0 radical (unpaired) electrons. The fraction of sp³-hybridized carbons (Fsp3) is 0.400. The molecule has 1 saturated carbocycles. The van der Waals surface area contributed by atoms with Gasteiger partial charge in [-0.15, -0.1) is 6.58 Å². The van der Waals surface area contributed by atoms with Crippen molar-refractivity contribution < 1.29 is 29.6 Å². The van der Waals surface area contributed by atoms with Gasteiger partial charge in [-0.1, -0.05) is 18.2 Å². The number of anilines is 1. The molecule has 1 aliphatic carbocycles. The predicted molar refractivity (Wildman–Crippen MR) is 98.9 cm³/mol. The number of benzene rings is 1. The van der Waals surface area contributed by atoms with Gasteiger partial charge in [-0.25, -0.2) is 0 Å². The molecule has 0 aliphatic heterocycles. The van der Waals surface area contributed by atoms with Crippen LogP contribution >= 0.6 is 0 Å². The van der Waals surface area contributed by atoms with Crippen molar-refractivity contribution in [2.75, 3.05) is 11.9 Å². The molecule has 0 unspecified atom stereocenters. The first-order chi connectivity index (χ1) is 11.8. The number of amides is 1. The summed E-state index contributed by atoms with van der Waals surface area (Å²) < 4.78 is 0. The second-order valence-corrected chi connectivity index (χ2v) is 6.47. The lowest BCUT2D eigenvalue weighted by Crippen LogP contribution is -3.00. The van der Waals surface area contributed by atoms with E-state index >= 15 is 0 Å². The van der Waals surface area contributed by atoms with E-state index < -0.39 is 0 Å². The molecule has 1 aromatic heterocycles. The Bertz CT molecular complexity index is 710. The summed E-state index contributed by atoms with van der Waals surface area (Å²) >= 11 is 0. The van der Waals surface area contributed by atoms with Gasteiger partial charge < -0.3 is 35.4 Å². The van der Waals surface area contributed by atoms with Gasteiger partial charge in [0.05, 0.1) is 0 Å². The Hall–Kier alpha value is -1.62. The highest BCUT2D eigenvalue weighted by Gasteiger charge is 2.26. The minimum Gasteiger partial charge on any atom is -1.00 e. The molecule has 1 fully saturated rings. The Kier molecular flexibility index (Phi) is 9.63. The molecule has 0 atom stereocenters. The van der Waals surface area contributed by atoms with E-state index in [1.807, 2.05) is 36.5 Å². The van der Waals surface area contributed by atoms with Gasteiger partial charge in [0.15, 0.2) is 0 Å². The molecule has 1 aromatic carbocycles. The average molecular weight is 394 g/mol. The molecule has 6 heteroatoms. The summed E-state index contributed by atoms with van der Waals surface area (Å²) in [4.78, 5) is 16.8. The third kappa shape index (κ3) is 5.70. The Morgan fingerprint density at radius 2 is 1.96 bits per heavy atom. The number of halogens is 2. The van der Waals surface area contributed by atoms with Crippen molar-refractivity contribution in [3.05, 3.63) is 49.3 Å². The highest BCUT2D eigenvalue weighted by atomic mass is 35.5. The van der Waals surface area contributed by atoms with Crippen molar-refractivity contribution in [2.24, 2.45) is 5.92 Å². The maximum atomic E-state index is 12.6. The largest absolute Gasteiger partial charge is 1.00 e. The summed E-state index contributed by atoms with van der Waals surface area (Å²) in [6, 6.07) is 8.42. The fourth-order valence-electron chi connectivity index (χ4n) is 3.42. The van der Waals surface area contributed by atoms with Crippen LogP contribution in [0.3, 0.4) is 0 Å². The Morgan fingerprint density at radius 1 is 1.19 bits per heavy atom. The van der Waals surface area contributed by atoms with Crippen LogP contribution in [0.2, 0.25) is 0 Å². The van der Waals surface area contributed by atoms with E-state index in [9.17, 15) is 4.79 Å². The summed E-state index contributed by atoms with van der Waals surface area (Å²) in [5, 5.41) is 8.76. The number of hydrogen-bond acceptors (Lipinski definition) is 3. The van der Waals surface area contributed by atoms with Crippen molar-refractivity contribution in [2.45, 2.75) is 38.1 Å². The molecule has 2 aromatic rings. The minimum atomic E-state index is 0. The third-order valence-corrected chi connectivity index (χ3v) is 4.82. The van der Waals surface area contributed by atoms with Gasteiger partial charge in [0, 0.05) is 40.8 Å². The second kappa shape index (κ2) is 11.2. The number of pyridine rings is 1. The third-order valence-electron chi connectivity index (χ3n) is 4.82. The van der Waals surface area contributed by atoms with E-state index in [-0.39, 0.29) is 36.6 Å². The SMILES string of the molecule is C=CCCNC1CCC(C(=O)Nc2cccc3cnccc23)CC1.[Cl-].[Cl-]. The molecule has 142 valence electrons. The number of nitrogens with zero attached hydrogens (tertiary/aromatic N) is 1. The zero-order valence-corrected chi connectivity index (χ0v) is 16.3. The highest BCUT2D eigenvalue weighted by molar-refractivity contribution is 6.02. The van der Waals surface area contributed by atoms with Crippen molar-refractivity contribution in [3.63, 3.8) is 0 Å². The van der Waals surface area contributed by atoms with Gasteiger partial charge in [0.2, 0.25) is 5.91 Å². The lowest BCUT2D eigenvalue weighted by molar-refractivity contribution is -0.120. The van der Waals surface area contributed by atoms with Crippen molar-refractivity contribution in [1.82, 2.24) is 10.3 Å². The molecule has 0 spiro atoms. The number of nitrogens with one attached hydrogen (secondary N) is 2. The molecule has 26 heavy (non-hydrogen) atoms. The van der Waals surface area contributed by atoms with Gasteiger partial charge in [-0.3, -0.25) is 9.78 Å². The second-order valence-electron chi connectivity index (χ2n) is 6.47. The van der Waals surface area contributed by atoms with Gasteiger partial charge in [-0.2, -0.15) is 0 Å². The predicted octanol–water partition coefficient (Wildman–Crippen LogP) is -2.09. The van der Waals surface area contributed by atoms with E-state index in [4.69, 9.17) is 0 Å². The first-order valence-electron chi connectivity index (χ1n) is 8.76. The molecule has 0 bridgehead atoms. The van der Waals surface area contributed by atoms with Crippen LogP contribution < -0.4 is 35.4 Å². The molecule has 4 nitrogen and oxygen atoms in total. The molecule has 1 heterocycles. The first-order valence-corrected chi connectivity index (χ1v) is 8.76. The van der Waals surface area contributed by atoms with Crippen molar-refractivity contribution >= 4 is 22.4 Å². The number of fused-ring (bicyclic) bond motifs is 1. The van der Waals surface area contributed by atoms with Crippen LogP contribution in [0.5, 0.6) is 0 Å². The molecule has 0 saturated heterocycles. The Morgan fingerprint density at radius 3 is 2.69 bits per heavy atom. The number of rotatable bonds is 6. The normalized spacial score (nSPS) is 19.1. The van der Waals surface area contributed by atoms with Crippen LogP contribution in [0.15, 0.2) is 49.3 Å². The van der Waals surface area contributed by atoms with Crippen LogP contribution in [0.25, 0.3) is 10.8 Å². The van der Waals surface area contributed by atoms with Crippen LogP contribution in [0.1, 0.15) is 32.1 Å². The zero-order chi connectivity index (χ0) is 16.8. The van der Waals surface area contributed by atoms with Gasteiger partial charge in [0.25, 0.3) is 0 Å². The lowest BCUT2D eigenvalue weighted by Gasteiger charge is -2.28. The monoisotopic (exact) mass is 393 g/mol. The Balaban J connectivity index is 0.00000169. The van der Waals surface area contributed by atoms with E-state index in [0.29, 0.717) is 6.04 Å². The molecule has 2 N–H and O–H groups in total. The summed E-state index contributed by atoms with van der Waals surface area (Å²) in [5.74, 6) is 0.253. The number of carbonyl (C=O) groups excluding carboxylic acids is 1. The standard InChI is InChI=1S/C20H25N3O.2ClH/c1-2-3-12-22-17-9-7-15(8-10-17)20(24)23-19-6-4-5-16-14-21-13-11-18(16)19;;/h2,4-6,11,13-15,17,22H,1,3,7-10,12H2,(H,23,24);2*1H/p-2. The van der Waals surface area contributed by atoms with Crippen LogP contribution in [-0.4, -0.2) is 23.5 Å². The summed E-state index contributed by atoms with van der Waals surface area (Å²) in [5.41, 5.74) is 0.881. The van der Waals surface area contributed by atoms with E-state index in [1.54, 1.807) is 6.20 Å². The highest BCUT2D eigenvalue weighted by Crippen LogP contribution is 2.27. The smallest absolute Gasteiger partial charge is 0.227 e. The summed E-state index contributed by atoms with van der Waals surface area (Å²) in [6.45, 7) is 4.72. The quantitative estimate of drug-likeness (QED) is 0.436. The number of carbonyl (C=O) groups is 1. The number of aromatic nitrogens is 1. The van der Waals surface area contributed by atoms with Crippen LogP contribution in [-0.2, 0) is 4.79 Å². The fourth-order valence-corrected chi connectivity index (χ4v) is 3.42. The maximum absolute atomic E-state index is 12.6. The average Bonchev–Trinajstić information content (AvgIpc) is 2.63. The zero-order valence-electron chi connectivity index (χ0n) is 14.8. The van der Waals surface area contributed by atoms with Gasteiger partial charge in [-0.05, 0) is 50.8 Å². The van der Waals surface area contributed by atoms with Crippen molar-refractivity contribution in [1.29, 1.82) is 0 Å². The Labute approximate surface area is 167 Å². The molecule has 1 amide bonds. The molecule has 3 rings (SSSR count). The van der Waals surface area contributed by atoms with E-state index in [1.165, 1.54) is 0 Å². The maximum Gasteiger partial charge on any atom is 0.227 e. The topological polar surface area (TPSA) is 54.0 Å². The lowest BCUT2D eigenvalue weighted by atomic mass is 9.85. The van der Waals surface area contributed by atoms with Crippen molar-refractivity contribution in [3.8, 4) is 0 Å². The van der Waals surface area contributed by atoms with E-state index in [0.717, 1.165) is 55.1 Å². The van der Waals surface area contributed by atoms with Gasteiger partial charge >= 0.3 is 0 Å². The van der Waals surface area contributed by atoms with Gasteiger partial charge in [0.1, 0.15) is 0 Å². The van der Waals surface area contributed by atoms with E-state index in [2.05, 4.69) is 22.2 Å². The number of hydrogen-bond donors (Lipinski definition) is 2. The molecular formula is C20H25Cl2N3O-2. The van der Waals surface area contributed by atoms with Crippen LogP contribution in [0, 0.1) is 5.92 Å². The minimum absolute atomic E-state index is 0. The van der Waals surface area contributed by atoms with Crippen LogP contribution in [0.4, 0.5) is 5.69 Å². The first kappa shape index (κ1) is 22.4. The summed E-state index contributed by atoms with van der Waals surface area (Å²) in [6.07, 6.45) is 10.5. The molecular weight excluding hydrogens is 369 g/mol. The summed E-state index contributed by atoms with van der Waals surface area (Å²) in [7, 11) is 0. The molecule has 1 aliphatic rings.